The van der Waals surface area contributed by atoms with Gasteiger partial charge in [0.05, 0.1) is 6.10 Å². The van der Waals surface area contributed by atoms with Crippen molar-refractivity contribution in [2.45, 2.75) is 36.4 Å². The van der Waals surface area contributed by atoms with Gasteiger partial charge in [0.2, 0.25) is 0 Å². The van der Waals surface area contributed by atoms with E-state index in [1.165, 1.54) is 11.8 Å². The Bertz CT molecular complexity index is 513. The highest BCUT2D eigenvalue weighted by Crippen LogP contribution is 2.32. The van der Waals surface area contributed by atoms with Gasteiger partial charge in [-0.2, -0.15) is 0 Å². The Morgan fingerprint density at radius 1 is 1.22 bits per heavy atom. The summed E-state index contributed by atoms with van der Waals surface area (Å²) in [5, 5.41) is 10.7. The molecule has 0 fully saturated rings. The molecule has 3 nitrogen and oxygen atoms in total. The Morgan fingerprint density at radius 2 is 1.89 bits per heavy atom. The highest BCUT2D eigenvalue weighted by Gasteiger charge is 2.11. The van der Waals surface area contributed by atoms with Crippen LogP contribution >= 0.6 is 11.8 Å². The average Bonchev–Trinajstić information content (AvgIpc) is 2.41. The van der Waals surface area contributed by atoms with Gasteiger partial charge in [0.25, 0.3) is 0 Å². The van der Waals surface area contributed by atoms with E-state index in [9.17, 15) is 5.11 Å². The van der Waals surface area contributed by atoms with Crippen molar-refractivity contribution in [2.75, 3.05) is 0 Å². The number of hydrogen-bond donors (Lipinski definition) is 1. The first-order chi connectivity index (χ1) is 8.70. The van der Waals surface area contributed by atoms with Crippen LogP contribution in [0.1, 0.15) is 30.6 Å². The van der Waals surface area contributed by atoms with E-state index in [1.807, 2.05) is 38.1 Å². The lowest BCUT2D eigenvalue weighted by Gasteiger charge is -2.12. The maximum atomic E-state index is 9.98. The molecule has 0 unspecified atom stereocenters. The summed E-state index contributed by atoms with van der Waals surface area (Å²) in [5.74, 6) is 0. The fraction of sp³-hybridized carbons (Fsp3) is 0.286. The molecule has 2 rings (SSSR count). The van der Waals surface area contributed by atoms with Crippen molar-refractivity contribution in [3.63, 3.8) is 0 Å². The zero-order chi connectivity index (χ0) is 13.0. The Balaban J connectivity index is 2.26. The molecule has 0 aliphatic carbocycles. The number of hydrogen-bond acceptors (Lipinski definition) is 4. The smallest absolute Gasteiger partial charge is 0.192 e. The molecule has 0 saturated carbocycles. The fourth-order valence-electron chi connectivity index (χ4n) is 1.60. The van der Waals surface area contributed by atoms with Crippen LogP contribution in [0.15, 0.2) is 46.7 Å². The summed E-state index contributed by atoms with van der Waals surface area (Å²) in [6, 6.07) is 7.84. The van der Waals surface area contributed by atoms with Crippen LogP contribution in [0.4, 0.5) is 0 Å². The molecule has 0 aliphatic heterocycles. The van der Waals surface area contributed by atoms with E-state index in [-0.39, 0.29) is 0 Å². The van der Waals surface area contributed by atoms with Gasteiger partial charge in [-0.15, -0.1) is 0 Å². The summed E-state index contributed by atoms with van der Waals surface area (Å²) < 4.78 is 0. The van der Waals surface area contributed by atoms with Crippen molar-refractivity contribution in [1.82, 2.24) is 9.97 Å². The Hall–Kier alpha value is -1.39. The molecular formula is C14H16N2OS. The quantitative estimate of drug-likeness (QED) is 0.856. The van der Waals surface area contributed by atoms with Gasteiger partial charge in [-0.05, 0) is 42.3 Å². The third-order valence-corrected chi connectivity index (χ3v) is 3.61. The number of aliphatic hydroxyl groups is 1. The van der Waals surface area contributed by atoms with Crippen LogP contribution in [0.5, 0.6) is 0 Å². The Labute approximate surface area is 111 Å². The molecule has 4 heteroatoms. The van der Waals surface area contributed by atoms with Gasteiger partial charge < -0.3 is 5.11 Å². The minimum atomic E-state index is -0.431. The topological polar surface area (TPSA) is 46.0 Å². The number of nitrogens with zero attached hydrogens (tertiary/aromatic N) is 2. The third kappa shape index (κ3) is 3.09. The molecule has 0 spiro atoms. The molecule has 0 aliphatic rings. The van der Waals surface area contributed by atoms with Crippen molar-refractivity contribution < 1.29 is 5.11 Å². The second-order valence-electron chi connectivity index (χ2n) is 4.11. The normalized spacial score (nSPS) is 12.4. The second kappa shape index (κ2) is 5.98. The highest BCUT2D eigenvalue weighted by molar-refractivity contribution is 7.99. The summed E-state index contributed by atoms with van der Waals surface area (Å²) in [7, 11) is 0. The third-order valence-electron chi connectivity index (χ3n) is 2.62. The van der Waals surface area contributed by atoms with Gasteiger partial charge in [-0.1, -0.05) is 25.1 Å². The first kappa shape index (κ1) is 13.1. The number of rotatable bonds is 4. The summed E-state index contributed by atoms with van der Waals surface area (Å²) in [5.41, 5.74) is 1.98. The predicted molar refractivity (Wildman–Crippen MR) is 72.6 cm³/mol. The molecule has 0 bridgehead atoms. The van der Waals surface area contributed by atoms with Crippen LogP contribution in [0, 0.1) is 6.92 Å². The maximum absolute atomic E-state index is 9.98. The molecule has 94 valence electrons. The Morgan fingerprint density at radius 3 is 2.56 bits per heavy atom. The standard InChI is InChI=1S/C14H16N2OS/c1-3-12(17)11-6-4-5-7-13(11)18-14-15-8-10(2)9-16-14/h4-9,12,17H,3H2,1-2H3/t12-/m0/s1. The van der Waals surface area contributed by atoms with E-state index in [0.29, 0.717) is 11.6 Å². The van der Waals surface area contributed by atoms with Crippen molar-refractivity contribution in [2.24, 2.45) is 0 Å². The zero-order valence-electron chi connectivity index (χ0n) is 10.5. The van der Waals surface area contributed by atoms with Crippen LogP contribution in [0.3, 0.4) is 0 Å². The average molecular weight is 260 g/mol. The van der Waals surface area contributed by atoms with Crippen LogP contribution in [0.25, 0.3) is 0 Å². The lowest BCUT2D eigenvalue weighted by atomic mass is 10.1. The minimum absolute atomic E-state index is 0.431. The van der Waals surface area contributed by atoms with Crippen molar-refractivity contribution >= 4 is 11.8 Å². The summed E-state index contributed by atoms with van der Waals surface area (Å²) in [6.45, 7) is 3.93. The van der Waals surface area contributed by atoms with Gasteiger partial charge in [0.15, 0.2) is 5.16 Å². The number of aliphatic hydroxyl groups excluding tert-OH is 1. The molecule has 1 atom stereocenters. The van der Waals surface area contributed by atoms with Crippen molar-refractivity contribution in [3.05, 3.63) is 47.8 Å². The number of benzene rings is 1. The SMILES string of the molecule is CC[C@H](O)c1ccccc1Sc1ncc(C)cn1. The first-order valence-electron chi connectivity index (χ1n) is 5.94. The predicted octanol–water partition coefficient (Wildman–Crippen LogP) is 3.38. The van der Waals surface area contributed by atoms with Gasteiger partial charge in [-0.3, -0.25) is 0 Å². The monoisotopic (exact) mass is 260 g/mol. The van der Waals surface area contributed by atoms with Gasteiger partial charge >= 0.3 is 0 Å². The zero-order valence-corrected chi connectivity index (χ0v) is 11.3. The van der Waals surface area contributed by atoms with Crippen LogP contribution in [-0.4, -0.2) is 15.1 Å². The molecular weight excluding hydrogens is 244 g/mol. The molecule has 1 N–H and O–H groups in total. The fourth-order valence-corrected chi connectivity index (χ4v) is 2.48. The van der Waals surface area contributed by atoms with E-state index >= 15 is 0 Å². The van der Waals surface area contributed by atoms with E-state index < -0.39 is 6.10 Å². The summed E-state index contributed by atoms with van der Waals surface area (Å²) in [4.78, 5) is 9.55. The van der Waals surface area contributed by atoms with Crippen LogP contribution in [-0.2, 0) is 0 Å². The number of aryl methyl sites for hydroxylation is 1. The molecule has 0 saturated heterocycles. The molecule has 1 aromatic carbocycles. The van der Waals surface area contributed by atoms with Crippen LogP contribution in [0.2, 0.25) is 0 Å². The molecule has 18 heavy (non-hydrogen) atoms. The van der Waals surface area contributed by atoms with Crippen molar-refractivity contribution in [1.29, 1.82) is 0 Å². The number of aromatic nitrogens is 2. The second-order valence-corrected chi connectivity index (χ2v) is 5.12. The largest absolute Gasteiger partial charge is 0.388 e. The Kier molecular flexibility index (Phi) is 4.33. The maximum Gasteiger partial charge on any atom is 0.192 e. The lowest BCUT2D eigenvalue weighted by Crippen LogP contribution is -1.97. The minimum Gasteiger partial charge on any atom is -0.388 e. The van der Waals surface area contributed by atoms with Gasteiger partial charge in [-0.25, -0.2) is 9.97 Å². The molecule has 0 amide bonds. The lowest BCUT2D eigenvalue weighted by molar-refractivity contribution is 0.171. The summed E-state index contributed by atoms with van der Waals surface area (Å²) in [6.07, 6.45) is 3.87. The van der Waals surface area contributed by atoms with Gasteiger partial charge in [0.1, 0.15) is 0 Å². The molecule has 1 aromatic heterocycles. The summed E-state index contributed by atoms with van der Waals surface area (Å²) >= 11 is 1.48. The van der Waals surface area contributed by atoms with E-state index in [4.69, 9.17) is 0 Å². The molecule has 1 heterocycles. The molecule has 2 aromatic rings. The van der Waals surface area contributed by atoms with E-state index in [1.54, 1.807) is 12.4 Å². The van der Waals surface area contributed by atoms with Crippen molar-refractivity contribution in [3.8, 4) is 0 Å². The van der Waals surface area contributed by atoms with Gasteiger partial charge in [0, 0.05) is 17.3 Å². The highest BCUT2D eigenvalue weighted by atomic mass is 32.2. The van der Waals surface area contributed by atoms with Crippen LogP contribution < -0.4 is 0 Å². The molecule has 0 radical (unpaired) electrons. The first-order valence-corrected chi connectivity index (χ1v) is 6.76. The van der Waals surface area contributed by atoms with E-state index in [0.717, 1.165) is 16.0 Å². The van der Waals surface area contributed by atoms with E-state index in [2.05, 4.69) is 9.97 Å².